The summed E-state index contributed by atoms with van der Waals surface area (Å²) >= 11 is 1.65. The zero-order chi connectivity index (χ0) is 9.80. The summed E-state index contributed by atoms with van der Waals surface area (Å²) in [6.07, 6.45) is 7.17. The lowest BCUT2D eigenvalue weighted by Gasteiger charge is -2.26. The smallest absolute Gasteiger partial charge is 0.126 e. The Hall–Kier alpha value is -0.900. The molecule has 0 unspecified atom stereocenters. The summed E-state index contributed by atoms with van der Waals surface area (Å²) in [7, 11) is 0. The summed E-state index contributed by atoms with van der Waals surface area (Å²) in [5, 5.41) is 2.15. The van der Waals surface area contributed by atoms with Crippen LogP contribution >= 0.6 is 11.3 Å². The maximum absolute atomic E-state index is 10.3. The zero-order valence-corrected chi connectivity index (χ0v) is 8.92. The van der Waals surface area contributed by atoms with Crippen molar-refractivity contribution in [2.24, 2.45) is 0 Å². The highest BCUT2D eigenvalue weighted by Crippen LogP contribution is 2.26. The number of nitrogens with zero attached hydrogens (tertiary/aromatic N) is 2. The number of carbonyl (C=O) groups excluding carboxylic acids is 1. The van der Waals surface area contributed by atoms with Gasteiger partial charge in [-0.25, -0.2) is 4.98 Å². The number of hydrogen-bond donors (Lipinski definition) is 0. The lowest BCUT2D eigenvalue weighted by molar-refractivity contribution is -0.107. The maximum atomic E-state index is 10.3. The lowest BCUT2D eigenvalue weighted by Crippen LogP contribution is -2.28. The van der Waals surface area contributed by atoms with Crippen LogP contribution in [0.3, 0.4) is 0 Å². The second kappa shape index (κ2) is 4.55. The van der Waals surface area contributed by atoms with Crippen molar-refractivity contribution in [1.82, 2.24) is 4.98 Å². The van der Waals surface area contributed by atoms with Crippen molar-refractivity contribution in [1.29, 1.82) is 0 Å². The third kappa shape index (κ3) is 2.12. The standard InChI is InChI=1S/C10H14N2OS/c13-7-4-9-11-8-10(14-9)12-5-2-1-3-6-12/h7-8H,1-6H2. The molecule has 1 saturated heterocycles. The summed E-state index contributed by atoms with van der Waals surface area (Å²) in [5.41, 5.74) is 0. The molecule has 0 bridgehead atoms. The van der Waals surface area contributed by atoms with E-state index in [-0.39, 0.29) is 0 Å². The van der Waals surface area contributed by atoms with Crippen molar-refractivity contribution in [3.63, 3.8) is 0 Å². The molecule has 4 heteroatoms. The molecule has 3 nitrogen and oxygen atoms in total. The minimum atomic E-state index is 0.457. The van der Waals surface area contributed by atoms with Crippen LogP contribution in [0.4, 0.5) is 5.00 Å². The molecule has 1 aromatic heterocycles. The lowest BCUT2D eigenvalue weighted by atomic mass is 10.1. The van der Waals surface area contributed by atoms with Gasteiger partial charge in [0.1, 0.15) is 16.3 Å². The van der Waals surface area contributed by atoms with E-state index in [9.17, 15) is 4.79 Å². The van der Waals surface area contributed by atoms with E-state index in [1.165, 1.54) is 24.3 Å². The number of hydrogen-bond acceptors (Lipinski definition) is 4. The summed E-state index contributed by atoms with van der Waals surface area (Å²) < 4.78 is 0. The number of thiazole rings is 1. The molecule has 1 aromatic rings. The van der Waals surface area contributed by atoms with Crippen molar-refractivity contribution < 1.29 is 4.79 Å². The molecule has 14 heavy (non-hydrogen) atoms. The topological polar surface area (TPSA) is 33.2 Å². The van der Waals surface area contributed by atoms with E-state index in [2.05, 4.69) is 9.88 Å². The van der Waals surface area contributed by atoms with Gasteiger partial charge in [0, 0.05) is 13.1 Å². The molecule has 2 rings (SSSR count). The molecular formula is C10H14N2OS. The van der Waals surface area contributed by atoms with Gasteiger partial charge in [-0.15, -0.1) is 11.3 Å². The Morgan fingerprint density at radius 2 is 2.21 bits per heavy atom. The number of piperidine rings is 1. The molecule has 0 aliphatic carbocycles. The van der Waals surface area contributed by atoms with Crippen molar-refractivity contribution in [3.8, 4) is 0 Å². The van der Waals surface area contributed by atoms with Crippen molar-refractivity contribution in [3.05, 3.63) is 11.2 Å². The van der Waals surface area contributed by atoms with Crippen LogP contribution < -0.4 is 4.90 Å². The summed E-state index contributed by atoms with van der Waals surface area (Å²) in [6.45, 7) is 2.28. The number of anilines is 1. The summed E-state index contributed by atoms with van der Waals surface area (Å²) in [6, 6.07) is 0. The third-order valence-electron chi connectivity index (χ3n) is 2.47. The molecule has 1 fully saturated rings. The highest BCUT2D eigenvalue weighted by atomic mass is 32.1. The summed E-state index contributed by atoms with van der Waals surface area (Å²) in [4.78, 5) is 16.9. The fraction of sp³-hybridized carbons (Fsp3) is 0.600. The third-order valence-corrected chi connectivity index (χ3v) is 3.55. The normalized spacial score (nSPS) is 17.0. The molecule has 0 amide bonds. The first kappa shape index (κ1) is 9.65. The van der Waals surface area contributed by atoms with Crippen LogP contribution in [0.1, 0.15) is 24.3 Å². The fourth-order valence-corrected chi connectivity index (χ4v) is 2.64. The van der Waals surface area contributed by atoms with Gasteiger partial charge in [0.15, 0.2) is 0 Å². The number of aldehydes is 1. The van der Waals surface area contributed by atoms with E-state index in [0.717, 1.165) is 24.4 Å². The highest BCUT2D eigenvalue weighted by molar-refractivity contribution is 7.15. The van der Waals surface area contributed by atoms with E-state index < -0.39 is 0 Å². The van der Waals surface area contributed by atoms with Gasteiger partial charge >= 0.3 is 0 Å². The monoisotopic (exact) mass is 210 g/mol. The van der Waals surface area contributed by atoms with Crippen LogP contribution in [-0.4, -0.2) is 24.4 Å². The quantitative estimate of drug-likeness (QED) is 0.714. The Morgan fingerprint density at radius 3 is 2.93 bits per heavy atom. The van der Waals surface area contributed by atoms with E-state index in [1.807, 2.05) is 6.20 Å². The van der Waals surface area contributed by atoms with E-state index in [0.29, 0.717) is 6.42 Å². The van der Waals surface area contributed by atoms with Crippen LogP contribution in [0.15, 0.2) is 6.20 Å². The maximum Gasteiger partial charge on any atom is 0.126 e. The minimum absolute atomic E-state index is 0.457. The molecule has 1 aliphatic rings. The molecule has 2 heterocycles. The van der Waals surface area contributed by atoms with Crippen molar-refractivity contribution in [2.45, 2.75) is 25.7 Å². The fourth-order valence-electron chi connectivity index (χ4n) is 1.73. The molecule has 0 atom stereocenters. The Balaban J connectivity index is 2.03. The van der Waals surface area contributed by atoms with Gasteiger partial charge in [-0.2, -0.15) is 0 Å². The largest absolute Gasteiger partial charge is 0.362 e. The molecule has 1 aliphatic heterocycles. The molecule has 0 spiro atoms. The number of aromatic nitrogens is 1. The van der Waals surface area contributed by atoms with Crippen LogP contribution in [0.2, 0.25) is 0 Å². The first-order chi connectivity index (χ1) is 6.90. The summed E-state index contributed by atoms with van der Waals surface area (Å²) in [5.74, 6) is 0. The predicted octanol–water partition coefficient (Wildman–Crippen LogP) is 1.87. The molecule has 0 aromatic carbocycles. The Kier molecular flexibility index (Phi) is 3.14. The van der Waals surface area contributed by atoms with Crippen molar-refractivity contribution >= 4 is 22.6 Å². The minimum Gasteiger partial charge on any atom is -0.362 e. The Labute approximate surface area is 87.8 Å². The predicted molar refractivity (Wildman–Crippen MR) is 57.9 cm³/mol. The van der Waals surface area contributed by atoms with Gasteiger partial charge in [-0.1, -0.05) is 0 Å². The van der Waals surface area contributed by atoms with E-state index in [1.54, 1.807) is 11.3 Å². The molecule has 0 radical (unpaired) electrons. The average Bonchev–Trinajstić information content (AvgIpc) is 2.68. The highest BCUT2D eigenvalue weighted by Gasteiger charge is 2.13. The average molecular weight is 210 g/mol. The second-order valence-electron chi connectivity index (χ2n) is 3.51. The Morgan fingerprint density at radius 1 is 1.43 bits per heavy atom. The van der Waals surface area contributed by atoms with E-state index in [4.69, 9.17) is 0 Å². The van der Waals surface area contributed by atoms with Gasteiger partial charge < -0.3 is 9.69 Å². The molecule has 76 valence electrons. The number of rotatable bonds is 3. The second-order valence-corrected chi connectivity index (χ2v) is 4.60. The van der Waals surface area contributed by atoms with Gasteiger partial charge in [-0.05, 0) is 19.3 Å². The van der Waals surface area contributed by atoms with Crippen LogP contribution in [0, 0.1) is 0 Å². The van der Waals surface area contributed by atoms with Gasteiger partial charge in [0.2, 0.25) is 0 Å². The molecular weight excluding hydrogens is 196 g/mol. The Bertz CT molecular complexity index is 305. The van der Waals surface area contributed by atoms with Gasteiger partial charge in [-0.3, -0.25) is 0 Å². The van der Waals surface area contributed by atoms with E-state index >= 15 is 0 Å². The molecule has 0 N–H and O–H groups in total. The number of carbonyl (C=O) groups is 1. The van der Waals surface area contributed by atoms with Crippen LogP contribution in [0.25, 0.3) is 0 Å². The zero-order valence-electron chi connectivity index (χ0n) is 8.11. The van der Waals surface area contributed by atoms with Crippen LogP contribution in [0.5, 0.6) is 0 Å². The SMILES string of the molecule is O=CCc1ncc(N2CCCCC2)s1. The van der Waals surface area contributed by atoms with Gasteiger partial charge in [0.25, 0.3) is 0 Å². The van der Waals surface area contributed by atoms with Gasteiger partial charge in [0.05, 0.1) is 12.6 Å². The first-order valence-corrected chi connectivity index (χ1v) is 5.85. The van der Waals surface area contributed by atoms with Crippen LogP contribution in [-0.2, 0) is 11.2 Å². The molecule has 0 saturated carbocycles. The van der Waals surface area contributed by atoms with Crippen molar-refractivity contribution in [2.75, 3.05) is 18.0 Å². The first-order valence-electron chi connectivity index (χ1n) is 5.03.